The Morgan fingerprint density at radius 2 is 1.79 bits per heavy atom. The molecule has 6 nitrogen and oxygen atoms in total. The van der Waals surface area contributed by atoms with Crippen molar-refractivity contribution in [3.8, 4) is 0 Å². The monoisotopic (exact) mass is 425 g/mol. The van der Waals surface area contributed by atoms with Crippen LogP contribution in [0, 0.1) is 0 Å². The van der Waals surface area contributed by atoms with Gasteiger partial charge in [0.1, 0.15) is 0 Å². The van der Waals surface area contributed by atoms with Crippen molar-refractivity contribution < 1.29 is 4.79 Å². The highest BCUT2D eigenvalue weighted by atomic mass is 35.5. The van der Waals surface area contributed by atoms with E-state index < -0.39 is 0 Å². The van der Waals surface area contributed by atoms with E-state index in [2.05, 4.69) is 20.1 Å². The maximum Gasteiger partial charge on any atom is 0.239 e. The summed E-state index contributed by atoms with van der Waals surface area (Å²) in [6.45, 7) is 7.82. The zero-order valence-electron chi connectivity index (χ0n) is 16.6. The number of amides is 1. The molecule has 1 unspecified atom stereocenters. The number of hydrogen-bond donors (Lipinski definition) is 1. The van der Waals surface area contributed by atoms with Gasteiger partial charge in [0.25, 0.3) is 0 Å². The van der Waals surface area contributed by atoms with Gasteiger partial charge in [-0.3, -0.25) is 14.7 Å². The van der Waals surface area contributed by atoms with E-state index in [9.17, 15) is 4.79 Å². The quantitative estimate of drug-likeness (QED) is 0.594. The van der Waals surface area contributed by atoms with E-state index in [4.69, 9.17) is 23.2 Å². The van der Waals surface area contributed by atoms with Gasteiger partial charge in [0, 0.05) is 62.9 Å². The molecule has 0 bridgehead atoms. The molecule has 2 heterocycles. The van der Waals surface area contributed by atoms with Crippen LogP contribution in [0.15, 0.2) is 23.2 Å². The first-order valence-corrected chi connectivity index (χ1v) is 10.7. The van der Waals surface area contributed by atoms with Crippen LogP contribution in [0.1, 0.15) is 25.3 Å². The van der Waals surface area contributed by atoms with Gasteiger partial charge in [-0.25, -0.2) is 0 Å². The van der Waals surface area contributed by atoms with Crippen molar-refractivity contribution in [3.63, 3.8) is 0 Å². The van der Waals surface area contributed by atoms with Crippen LogP contribution in [0.3, 0.4) is 0 Å². The van der Waals surface area contributed by atoms with Gasteiger partial charge in [-0.1, -0.05) is 29.3 Å². The van der Waals surface area contributed by atoms with Crippen molar-refractivity contribution in [2.75, 3.05) is 46.3 Å². The second-order valence-electron chi connectivity index (χ2n) is 7.37. The molecule has 3 rings (SSSR count). The summed E-state index contributed by atoms with van der Waals surface area (Å²) < 4.78 is 0. The molecular formula is C20H29Cl2N5O. The summed E-state index contributed by atoms with van der Waals surface area (Å²) in [6.07, 6.45) is 2.26. The third-order valence-electron chi connectivity index (χ3n) is 5.60. The summed E-state index contributed by atoms with van der Waals surface area (Å²) in [4.78, 5) is 23.6. The molecule has 1 atom stereocenters. The molecule has 0 radical (unpaired) electrons. The van der Waals surface area contributed by atoms with Crippen LogP contribution in [0.5, 0.6) is 0 Å². The van der Waals surface area contributed by atoms with E-state index in [1.54, 1.807) is 13.1 Å². The van der Waals surface area contributed by atoms with E-state index >= 15 is 0 Å². The van der Waals surface area contributed by atoms with E-state index in [1.165, 1.54) is 0 Å². The summed E-state index contributed by atoms with van der Waals surface area (Å²) in [7, 11) is 1.79. The van der Waals surface area contributed by atoms with Crippen LogP contribution in [0.25, 0.3) is 0 Å². The number of nitrogens with one attached hydrogen (secondary N) is 1. The Labute approximate surface area is 177 Å². The van der Waals surface area contributed by atoms with E-state index in [0.717, 1.165) is 63.6 Å². The van der Waals surface area contributed by atoms with Gasteiger partial charge in [-0.15, -0.1) is 0 Å². The molecule has 1 aromatic carbocycles. The summed E-state index contributed by atoms with van der Waals surface area (Å²) in [5, 5.41) is 4.66. The van der Waals surface area contributed by atoms with Crippen molar-refractivity contribution in [1.82, 2.24) is 20.0 Å². The van der Waals surface area contributed by atoms with Crippen molar-refractivity contribution in [3.05, 3.63) is 33.8 Å². The second-order valence-corrected chi connectivity index (χ2v) is 8.21. The fourth-order valence-corrected chi connectivity index (χ4v) is 4.33. The zero-order chi connectivity index (χ0) is 20.1. The van der Waals surface area contributed by atoms with E-state index in [0.29, 0.717) is 16.6 Å². The number of hydrogen-bond acceptors (Lipinski definition) is 3. The van der Waals surface area contributed by atoms with E-state index in [1.807, 2.05) is 24.0 Å². The van der Waals surface area contributed by atoms with E-state index in [-0.39, 0.29) is 11.9 Å². The first-order valence-electron chi connectivity index (χ1n) is 9.92. The largest absolute Gasteiger partial charge is 0.352 e. The number of piperazine rings is 1. The SMILES string of the molecule is CN=C(NCc1ccc(Cl)cc1Cl)N1CCN(C(C)C(=O)N2CCCC2)CC1. The van der Waals surface area contributed by atoms with Crippen LogP contribution >= 0.6 is 23.2 Å². The van der Waals surface area contributed by atoms with Crippen molar-refractivity contribution >= 4 is 35.1 Å². The Kier molecular flexibility index (Phi) is 7.43. The average molecular weight is 426 g/mol. The normalized spacial score (nSPS) is 19.8. The molecule has 1 amide bonds. The molecule has 2 aliphatic rings. The number of rotatable bonds is 4. The molecule has 2 saturated heterocycles. The molecule has 28 heavy (non-hydrogen) atoms. The lowest BCUT2D eigenvalue weighted by Crippen LogP contribution is -2.57. The summed E-state index contributed by atoms with van der Waals surface area (Å²) in [5.74, 6) is 1.12. The van der Waals surface area contributed by atoms with Gasteiger partial charge in [0.2, 0.25) is 5.91 Å². The first-order chi connectivity index (χ1) is 13.5. The minimum absolute atomic E-state index is 0.0527. The molecule has 0 aliphatic carbocycles. The Morgan fingerprint density at radius 1 is 1.11 bits per heavy atom. The molecule has 2 aliphatic heterocycles. The smallest absolute Gasteiger partial charge is 0.239 e. The second kappa shape index (κ2) is 9.81. The third kappa shape index (κ3) is 5.10. The summed E-state index contributed by atoms with van der Waals surface area (Å²) >= 11 is 12.2. The number of carbonyl (C=O) groups is 1. The van der Waals surface area contributed by atoms with Crippen LogP contribution in [-0.4, -0.2) is 78.9 Å². The van der Waals surface area contributed by atoms with Crippen molar-refractivity contribution in [1.29, 1.82) is 0 Å². The van der Waals surface area contributed by atoms with Gasteiger partial charge in [0.05, 0.1) is 6.04 Å². The number of benzene rings is 1. The number of aliphatic imine (C=N–C) groups is 1. The predicted octanol–water partition coefficient (Wildman–Crippen LogP) is 2.70. The standard InChI is InChI=1S/C20H29Cl2N5O/c1-15(19(28)26-7-3-4-8-26)25-9-11-27(12-10-25)20(23-2)24-14-16-5-6-17(21)13-18(16)22/h5-6,13,15H,3-4,7-12,14H2,1-2H3,(H,23,24). The molecule has 0 spiro atoms. The average Bonchev–Trinajstić information content (AvgIpc) is 3.24. The van der Waals surface area contributed by atoms with Crippen molar-refractivity contribution in [2.24, 2.45) is 4.99 Å². The van der Waals surface area contributed by atoms with Crippen LogP contribution in [-0.2, 0) is 11.3 Å². The number of likely N-dealkylation sites (tertiary alicyclic amines) is 1. The number of nitrogens with zero attached hydrogens (tertiary/aromatic N) is 4. The Hall–Kier alpha value is -1.50. The Morgan fingerprint density at radius 3 is 2.39 bits per heavy atom. The molecule has 2 fully saturated rings. The fourth-order valence-electron chi connectivity index (χ4n) is 3.85. The minimum Gasteiger partial charge on any atom is -0.352 e. The molecule has 8 heteroatoms. The Balaban J connectivity index is 1.50. The molecular weight excluding hydrogens is 397 g/mol. The number of halogens is 2. The molecule has 154 valence electrons. The van der Waals surface area contributed by atoms with Gasteiger partial charge in [-0.05, 0) is 37.5 Å². The summed E-state index contributed by atoms with van der Waals surface area (Å²) in [6, 6.07) is 5.46. The highest BCUT2D eigenvalue weighted by Crippen LogP contribution is 2.21. The van der Waals surface area contributed by atoms with Crippen molar-refractivity contribution in [2.45, 2.75) is 32.4 Å². The van der Waals surface area contributed by atoms with Crippen LogP contribution < -0.4 is 5.32 Å². The number of guanidine groups is 1. The molecule has 0 saturated carbocycles. The predicted molar refractivity (Wildman–Crippen MR) is 115 cm³/mol. The van der Waals surface area contributed by atoms with Crippen LogP contribution in [0.2, 0.25) is 10.0 Å². The maximum absolute atomic E-state index is 12.6. The molecule has 1 N–H and O–H groups in total. The molecule has 1 aromatic rings. The van der Waals surface area contributed by atoms with Gasteiger partial charge >= 0.3 is 0 Å². The number of carbonyl (C=O) groups excluding carboxylic acids is 1. The molecule has 0 aromatic heterocycles. The zero-order valence-corrected chi connectivity index (χ0v) is 18.1. The topological polar surface area (TPSA) is 51.2 Å². The summed E-state index contributed by atoms with van der Waals surface area (Å²) in [5.41, 5.74) is 0.982. The first kappa shape index (κ1) is 21.2. The van der Waals surface area contributed by atoms with Crippen LogP contribution in [0.4, 0.5) is 0 Å². The lowest BCUT2D eigenvalue weighted by Gasteiger charge is -2.39. The maximum atomic E-state index is 12.6. The van der Waals surface area contributed by atoms with Gasteiger partial charge in [-0.2, -0.15) is 0 Å². The van der Waals surface area contributed by atoms with Gasteiger partial charge in [0.15, 0.2) is 5.96 Å². The Bertz CT molecular complexity index is 713. The lowest BCUT2D eigenvalue weighted by molar-refractivity contribution is -0.135. The minimum atomic E-state index is -0.0527. The highest BCUT2D eigenvalue weighted by Gasteiger charge is 2.30. The van der Waals surface area contributed by atoms with Gasteiger partial charge < -0.3 is 15.1 Å². The fraction of sp³-hybridized carbons (Fsp3) is 0.600. The third-order valence-corrected chi connectivity index (χ3v) is 6.19. The highest BCUT2D eigenvalue weighted by molar-refractivity contribution is 6.35. The lowest BCUT2D eigenvalue weighted by atomic mass is 10.2.